The highest BCUT2D eigenvalue weighted by molar-refractivity contribution is 6.07. The molecule has 138 valence electrons. The number of imide groups is 1. The van der Waals surface area contributed by atoms with Crippen molar-refractivity contribution in [3.63, 3.8) is 0 Å². The van der Waals surface area contributed by atoms with E-state index in [0.29, 0.717) is 23.2 Å². The third-order valence-electron chi connectivity index (χ3n) is 6.07. The Kier molecular flexibility index (Phi) is 3.99. The number of fused-ring (bicyclic) bond motifs is 2. The zero-order chi connectivity index (χ0) is 18.5. The van der Waals surface area contributed by atoms with Gasteiger partial charge in [-0.2, -0.15) is 0 Å². The zero-order valence-corrected chi connectivity index (χ0v) is 15.0. The van der Waals surface area contributed by atoms with Gasteiger partial charge in [-0.3, -0.25) is 14.9 Å². The van der Waals surface area contributed by atoms with Gasteiger partial charge in [0.05, 0.1) is 0 Å². The van der Waals surface area contributed by atoms with Crippen molar-refractivity contribution in [2.75, 3.05) is 7.05 Å². The predicted molar refractivity (Wildman–Crippen MR) is 95.5 cm³/mol. The molecule has 0 aliphatic carbocycles. The van der Waals surface area contributed by atoms with Crippen LogP contribution in [-0.4, -0.2) is 47.9 Å². The smallest absolute Gasteiger partial charge is 0.322 e. The maximum atomic E-state index is 12.9. The summed E-state index contributed by atoms with van der Waals surface area (Å²) in [5, 5.41) is 8.48. The van der Waals surface area contributed by atoms with Gasteiger partial charge < -0.3 is 15.5 Å². The first-order valence-corrected chi connectivity index (χ1v) is 9.14. The molecule has 4 amide bonds. The largest absolute Gasteiger partial charge is 0.339 e. The molecule has 0 aromatic heterocycles. The Morgan fingerprint density at radius 3 is 2.27 bits per heavy atom. The van der Waals surface area contributed by atoms with Crippen molar-refractivity contribution in [1.82, 2.24) is 20.9 Å². The van der Waals surface area contributed by atoms with Crippen LogP contribution in [0.2, 0.25) is 0 Å². The van der Waals surface area contributed by atoms with Gasteiger partial charge >= 0.3 is 6.03 Å². The second-order valence-corrected chi connectivity index (χ2v) is 7.79. The minimum atomic E-state index is -1.10. The highest BCUT2D eigenvalue weighted by atomic mass is 16.2. The monoisotopic (exact) mass is 356 g/mol. The normalized spacial score (nSPS) is 32.9. The maximum absolute atomic E-state index is 12.9. The Hall–Kier alpha value is -2.41. The van der Waals surface area contributed by atoms with Gasteiger partial charge in [0.25, 0.3) is 11.8 Å². The molecule has 3 atom stereocenters. The van der Waals surface area contributed by atoms with Crippen LogP contribution in [0.1, 0.15) is 48.5 Å². The molecular formula is C19H24N4O3. The van der Waals surface area contributed by atoms with E-state index in [1.165, 1.54) is 12.8 Å². The second-order valence-electron chi connectivity index (χ2n) is 7.79. The third kappa shape index (κ3) is 2.76. The van der Waals surface area contributed by atoms with Crippen molar-refractivity contribution in [3.05, 3.63) is 35.4 Å². The molecule has 2 bridgehead atoms. The first-order chi connectivity index (χ1) is 12.4. The number of hydrogen-bond donors (Lipinski definition) is 3. The molecule has 3 N–H and O–H groups in total. The van der Waals surface area contributed by atoms with E-state index < -0.39 is 11.6 Å². The Labute approximate surface area is 152 Å². The average Bonchev–Trinajstić information content (AvgIpc) is 3.11. The molecular weight excluding hydrogens is 332 g/mol. The van der Waals surface area contributed by atoms with Crippen molar-refractivity contribution in [2.24, 2.45) is 0 Å². The zero-order valence-electron chi connectivity index (χ0n) is 15.0. The fourth-order valence-electron chi connectivity index (χ4n) is 4.41. The van der Waals surface area contributed by atoms with E-state index >= 15 is 0 Å². The topological polar surface area (TPSA) is 90.5 Å². The molecule has 3 aliphatic rings. The molecule has 4 rings (SSSR count). The summed E-state index contributed by atoms with van der Waals surface area (Å²) in [6, 6.07) is 7.74. The molecule has 3 fully saturated rings. The number of rotatable bonds is 3. The number of carbonyl (C=O) groups excluding carboxylic acids is 3. The SMILES string of the molecule is CN(C(=O)c1ccc(C2(C)NC(=O)NC2=O)cc1)C1CC2CCC(C1)N2. The Morgan fingerprint density at radius 1 is 1.12 bits per heavy atom. The number of carbonyl (C=O) groups is 3. The molecule has 3 heterocycles. The molecule has 1 aromatic rings. The van der Waals surface area contributed by atoms with E-state index in [0.717, 1.165) is 12.8 Å². The van der Waals surface area contributed by atoms with Crippen molar-refractivity contribution < 1.29 is 14.4 Å². The van der Waals surface area contributed by atoms with E-state index in [1.54, 1.807) is 31.2 Å². The van der Waals surface area contributed by atoms with Crippen LogP contribution in [0.25, 0.3) is 0 Å². The van der Waals surface area contributed by atoms with Crippen molar-refractivity contribution in [1.29, 1.82) is 0 Å². The molecule has 0 saturated carbocycles. The molecule has 0 spiro atoms. The van der Waals surface area contributed by atoms with Gasteiger partial charge in [-0.15, -0.1) is 0 Å². The number of urea groups is 1. The lowest BCUT2D eigenvalue weighted by molar-refractivity contribution is -0.123. The standard InChI is InChI=1S/C19H24N4O3/c1-19(17(25)21-18(26)22-19)12-5-3-11(4-6-12)16(24)23(2)15-9-13-7-8-14(10-15)20-13/h3-6,13-15,20H,7-10H2,1-2H3,(H2,21,22,25,26). The van der Waals surface area contributed by atoms with Crippen LogP contribution in [0.5, 0.6) is 0 Å². The quantitative estimate of drug-likeness (QED) is 0.708. The average molecular weight is 356 g/mol. The molecule has 1 aromatic carbocycles. The van der Waals surface area contributed by atoms with E-state index in [1.807, 2.05) is 11.9 Å². The summed E-state index contributed by atoms with van der Waals surface area (Å²) in [6.07, 6.45) is 4.40. The van der Waals surface area contributed by atoms with Crippen molar-refractivity contribution >= 4 is 17.8 Å². The molecule has 7 nitrogen and oxygen atoms in total. The summed E-state index contributed by atoms with van der Waals surface area (Å²) < 4.78 is 0. The summed E-state index contributed by atoms with van der Waals surface area (Å²) in [6.45, 7) is 1.65. The minimum absolute atomic E-state index is 0.00656. The van der Waals surface area contributed by atoms with Gasteiger partial charge in [-0.25, -0.2) is 4.79 Å². The van der Waals surface area contributed by atoms with Crippen LogP contribution in [0.4, 0.5) is 4.79 Å². The van der Waals surface area contributed by atoms with Crippen LogP contribution < -0.4 is 16.0 Å². The van der Waals surface area contributed by atoms with Crippen molar-refractivity contribution in [3.8, 4) is 0 Å². The van der Waals surface area contributed by atoms with E-state index in [2.05, 4.69) is 16.0 Å². The van der Waals surface area contributed by atoms with Gasteiger partial charge in [0.2, 0.25) is 0 Å². The summed E-state index contributed by atoms with van der Waals surface area (Å²) in [5.74, 6) is -0.392. The fraction of sp³-hybridized carbons (Fsp3) is 0.526. The minimum Gasteiger partial charge on any atom is -0.339 e. The van der Waals surface area contributed by atoms with Crippen LogP contribution in [-0.2, 0) is 10.3 Å². The fourth-order valence-corrected chi connectivity index (χ4v) is 4.41. The van der Waals surface area contributed by atoms with Crippen LogP contribution >= 0.6 is 0 Å². The highest BCUT2D eigenvalue weighted by Gasteiger charge is 2.43. The number of nitrogens with zero attached hydrogens (tertiary/aromatic N) is 1. The number of amides is 4. The predicted octanol–water partition coefficient (Wildman–Crippen LogP) is 1.10. The molecule has 0 radical (unpaired) electrons. The molecule has 3 aliphatic heterocycles. The lowest BCUT2D eigenvalue weighted by Gasteiger charge is -2.35. The van der Waals surface area contributed by atoms with E-state index in [9.17, 15) is 14.4 Å². The molecule has 3 unspecified atom stereocenters. The lowest BCUT2D eigenvalue weighted by atomic mass is 9.91. The summed E-state index contributed by atoms with van der Waals surface area (Å²) in [7, 11) is 1.87. The number of piperidine rings is 1. The number of benzene rings is 1. The Morgan fingerprint density at radius 2 is 1.73 bits per heavy atom. The van der Waals surface area contributed by atoms with Gasteiger partial charge in [0.1, 0.15) is 5.54 Å². The van der Waals surface area contributed by atoms with Gasteiger partial charge in [-0.1, -0.05) is 12.1 Å². The number of nitrogens with one attached hydrogen (secondary N) is 3. The highest BCUT2D eigenvalue weighted by Crippen LogP contribution is 2.30. The van der Waals surface area contributed by atoms with Crippen molar-refractivity contribution in [2.45, 2.75) is 56.3 Å². The third-order valence-corrected chi connectivity index (χ3v) is 6.07. The van der Waals surface area contributed by atoms with Gasteiger partial charge in [0.15, 0.2) is 0 Å². The van der Waals surface area contributed by atoms with Crippen LogP contribution in [0.15, 0.2) is 24.3 Å². The summed E-state index contributed by atoms with van der Waals surface area (Å²) in [4.78, 5) is 38.2. The van der Waals surface area contributed by atoms with Gasteiger partial charge in [0, 0.05) is 30.7 Å². The Bertz CT molecular complexity index is 751. The van der Waals surface area contributed by atoms with E-state index in [-0.39, 0.29) is 17.9 Å². The lowest BCUT2D eigenvalue weighted by Crippen LogP contribution is -2.48. The molecule has 7 heteroatoms. The second kappa shape index (κ2) is 6.09. The van der Waals surface area contributed by atoms with Gasteiger partial charge in [-0.05, 0) is 50.3 Å². The molecule has 3 saturated heterocycles. The first kappa shape index (κ1) is 17.0. The maximum Gasteiger partial charge on any atom is 0.322 e. The number of hydrogen-bond acceptors (Lipinski definition) is 4. The Balaban J connectivity index is 1.49. The molecule has 26 heavy (non-hydrogen) atoms. The van der Waals surface area contributed by atoms with E-state index in [4.69, 9.17) is 0 Å². The summed E-state index contributed by atoms with van der Waals surface area (Å²) in [5.41, 5.74) is 0.147. The summed E-state index contributed by atoms with van der Waals surface area (Å²) >= 11 is 0. The van der Waals surface area contributed by atoms with Crippen LogP contribution in [0.3, 0.4) is 0 Å². The first-order valence-electron chi connectivity index (χ1n) is 9.14. The van der Waals surface area contributed by atoms with Crippen LogP contribution in [0, 0.1) is 0 Å².